The highest BCUT2D eigenvalue weighted by Gasteiger charge is 2.58. The van der Waals surface area contributed by atoms with Crippen LogP contribution in [0, 0.1) is 0 Å². The summed E-state index contributed by atoms with van der Waals surface area (Å²) in [4.78, 5) is 56.7. The average molecular weight is 873 g/mol. The lowest BCUT2D eigenvalue weighted by atomic mass is 9.94. The first-order valence-electron chi connectivity index (χ1n) is 19.1. The van der Waals surface area contributed by atoms with Gasteiger partial charge in [-0.05, 0) is 55.9 Å². The summed E-state index contributed by atoms with van der Waals surface area (Å²) in [6.07, 6.45) is -1.75. The number of hydrogen-bond donors (Lipinski definition) is 2. The molecular formula is C45H37ClN6O7S2. The van der Waals surface area contributed by atoms with E-state index in [1.54, 1.807) is 55.6 Å². The number of ether oxygens (including phenoxy) is 2. The van der Waals surface area contributed by atoms with Crippen molar-refractivity contribution in [1.82, 2.24) is 30.4 Å². The number of carbonyl (C=O) groups is 4. The van der Waals surface area contributed by atoms with E-state index in [0.717, 1.165) is 11.1 Å². The molecule has 5 aromatic carbocycles. The van der Waals surface area contributed by atoms with Gasteiger partial charge >= 0.3 is 11.9 Å². The van der Waals surface area contributed by atoms with E-state index in [4.69, 9.17) is 21.1 Å². The monoisotopic (exact) mass is 872 g/mol. The molecule has 308 valence electrons. The lowest BCUT2D eigenvalue weighted by Gasteiger charge is -2.50. The number of nitrogens with one attached hydrogen (secondary N) is 1. The topological polar surface area (TPSA) is 166 Å². The van der Waals surface area contributed by atoms with E-state index in [0.29, 0.717) is 21.9 Å². The molecule has 2 amide bonds. The van der Waals surface area contributed by atoms with Crippen LogP contribution in [0.3, 0.4) is 0 Å². The maximum atomic E-state index is 14.6. The van der Waals surface area contributed by atoms with Gasteiger partial charge in [-0.2, -0.15) is 0 Å². The highest BCUT2D eigenvalue weighted by atomic mass is 35.5. The van der Waals surface area contributed by atoms with Crippen LogP contribution in [0.4, 0.5) is 0 Å². The van der Waals surface area contributed by atoms with Crippen molar-refractivity contribution in [2.24, 2.45) is 7.05 Å². The van der Waals surface area contributed by atoms with Gasteiger partial charge in [0.15, 0.2) is 12.2 Å². The van der Waals surface area contributed by atoms with Crippen LogP contribution in [0.1, 0.15) is 40.0 Å². The van der Waals surface area contributed by atoms with Crippen LogP contribution in [-0.4, -0.2) is 76.9 Å². The predicted molar refractivity (Wildman–Crippen MR) is 229 cm³/mol. The molecule has 2 aliphatic rings. The fraction of sp³-hybridized carbons (Fsp3) is 0.178. The zero-order valence-corrected chi connectivity index (χ0v) is 34.8. The zero-order valence-electron chi connectivity index (χ0n) is 32.4. The van der Waals surface area contributed by atoms with E-state index < -0.39 is 52.3 Å². The van der Waals surface area contributed by atoms with E-state index >= 15 is 0 Å². The molecule has 1 fully saturated rings. The summed E-state index contributed by atoms with van der Waals surface area (Å²) in [6, 6.07) is 40.7. The molecule has 1 unspecified atom stereocenters. The highest BCUT2D eigenvalue weighted by Crippen LogP contribution is 2.44. The third-order valence-electron chi connectivity index (χ3n) is 10.2. The second-order valence-electron chi connectivity index (χ2n) is 14.1. The molecule has 13 nitrogen and oxygen atoms in total. The molecule has 0 bridgehead atoms. The number of aromatic nitrogens is 4. The van der Waals surface area contributed by atoms with Crippen LogP contribution < -0.4 is 5.32 Å². The van der Waals surface area contributed by atoms with E-state index in [1.165, 1.54) is 57.4 Å². The molecule has 61 heavy (non-hydrogen) atoms. The molecule has 0 radical (unpaired) electrons. The molecule has 6 aromatic rings. The number of esters is 2. The molecule has 8 rings (SSSR count). The Bertz CT molecular complexity index is 2490. The molecule has 3 atom stereocenters. The van der Waals surface area contributed by atoms with Gasteiger partial charge in [0.25, 0.3) is 11.8 Å². The Hall–Kier alpha value is -6.42. The smallest absolute Gasteiger partial charge is 0.356 e. The van der Waals surface area contributed by atoms with Gasteiger partial charge < -0.3 is 19.9 Å². The number of alkyl halides is 1. The Morgan fingerprint density at radius 1 is 0.820 bits per heavy atom. The van der Waals surface area contributed by atoms with Crippen molar-refractivity contribution in [1.29, 1.82) is 0 Å². The average Bonchev–Trinajstić information content (AvgIpc) is 3.72. The fourth-order valence-corrected chi connectivity index (χ4v) is 9.63. The Morgan fingerprint density at radius 2 is 1.33 bits per heavy atom. The number of nitrogens with zero attached hydrogens (tertiary/aromatic N) is 5. The molecule has 0 saturated carbocycles. The number of fused-ring (bicyclic) bond motifs is 1. The number of carbonyl (C=O) groups excluding carboxylic acids is 4. The summed E-state index contributed by atoms with van der Waals surface area (Å²) >= 11 is 9.78. The van der Waals surface area contributed by atoms with Gasteiger partial charge in [0.1, 0.15) is 22.9 Å². The van der Waals surface area contributed by atoms with Crippen LogP contribution in [0.2, 0.25) is 0 Å². The van der Waals surface area contributed by atoms with Crippen LogP contribution in [0.5, 0.6) is 5.75 Å². The van der Waals surface area contributed by atoms with Crippen LogP contribution in [-0.2, 0) is 40.6 Å². The zero-order chi connectivity index (χ0) is 42.5. The quantitative estimate of drug-likeness (QED) is 0.0404. The SMILES string of the molecule is Cn1nnnc1SCC1=C(C(=O)OC(c2ccccc2)c2ccccc2)N2C(=O)[C@@H](NC(=O)C(Cl)(C(=O)OC(c3ccccc3)c3ccccc3)c3ccc(O)cc3)[C@H]2SC1. The number of aryl methyl sites for hydroxylation is 1. The summed E-state index contributed by atoms with van der Waals surface area (Å²) < 4.78 is 13.9. The third-order valence-corrected chi connectivity index (χ3v) is 13.2. The minimum Gasteiger partial charge on any atom is -0.508 e. The molecule has 1 aromatic heterocycles. The van der Waals surface area contributed by atoms with Gasteiger partial charge in [-0.3, -0.25) is 14.5 Å². The lowest BCUT2D eigenvalue weighted by molar-refractivity contribution is -0.158. The fourth-order valence-electron chi connectivity index (χ4n) is 7.07. The number of aromatic hydroxyl groups is 1. The Morgan fingerprint density at radius 3 is 1.82 bits per heavy atom. The maximum Gasteiger partial charge on any atom is 0.356 e. The molecule has 2 aliphatic heterocycles. The number of halogens is 1. The highest BCUT2D eigenvalue weighted by molar-refractivity contribution is 8.01. The second kappa shape index (κ2) is 18.1. The van der Waals surface area contributed by atoms with Gasteiger partial charge in [-0.15, -0.1) is 16.9 Å². The Balaban J connectivity index is 1.09. The lowest BCUT2D eigenvalue weighted by Crippen LogP contribution is -2.72. The number of phenolic OH excluding ortho intramolecular Hbond substituents is 1. The second-order valence-corrected chi connectivity index (χ2v) is 16.7. The summed E-state index contributed by atoms with van der Waals surface area (Å²) in [5.74, 6) is -3.07. The van der Waals surface area contributed by atoms with Crippen molar-refractivity contribution in [2.45, 2.75) is 33.7 Å². The Kier molecular flexibility index (Phi) is 12.2. The molecule has 16 heteroatoms. The first-order chi connectivity index (χ1) is 29.6. The van der Waals surface area contributed by atoms with Crippen LogP contribution in [0.15, 0.2) is 162 Å². The number of amides is 2. The number of phenols is 1. The minimum atomic E-state index is -2.52. The number of β-lactam (4-membered cyclic amide) rings is 1. The van der Waals surface area contributed by atoms with Gasteiger partial charge in [0, 0.05) is 18.6 Å². The predicted octanol–water partition coefficient (Wildman–Crippen LogP) is 6.46. The molecular weight excluding hydrogens is 836 g/mol. The molecule has 0 aliphatic carbocycles. The van der Waals surface area contributed by atoms with E-state index in [2.05, 4.69) is 20.8 Å². The third kappa shape index (κ3) is 8.49. The van der Waals surface area contributed by atoms with Crippen molar-refractivity contribution in [3.63, 3.8) is 0 Å². The summed E-state index contributed by atoms with van der Waals surface area (Å²) in [7, 11) is 1.70. The molecule has 1 saturated heterocycles. The van der Waals surface area contributed by atoms with E-state index in [9.17, 15) is 24.3 Å². The van der Waals surface area contributed by atoms with Crippen molar-refractivity contribution in [2.75, 3.05) is 11.5 Å². The number of thioether (sulfide) groups is 2. The van der Waals surface area contributed by atoms with Crippen molar-refractivity contribution in [3.8, 4) is 5.75 Å². The number of hydrogen-bond acceptors (Lipinski definition) is 12. The number of benzene rings is 5. The maximum absolute atomic E-state index is 14.6. The standard InChI is InChI=1S/C45H37ClN6O7S2/c1-51-44(48-49-50-51)61-27-32-26-60-40-35(39(54)52(40)36(32)41(55)58-37(28-14-6-2-7-15-28)29-16-8-3-9-17-29)47-42(56)45(46,33-22-24-34(53)25-23-33)43(57)59-38(30-18-10-4-11-19-30)31-20-12-5-13-21-31/h2-25,35,37-38,40,53H,26-27H2,1H3,(H,47,56)/t35-,40-,45?/m1/s1. The Labute approximate surface area is 364 Å². The normalized spacial score (nSPS) is 17.0. The minimum absolute atomic E-state index is 0.00358. The summed E-state index contributed by atoms with van der Waals surface area (Å²) in [6.45, 7) is 0. The number of tetrazole rings is 1. The first-order valence-corrected chi connectivity index (χ1v) is 21.5. The molecule has 2 N–H and O–H groups in total. The first kappa shape index (κ1) is 41.3. The summed E-state index contributed by atoms with van der Waals surface area (Å²) in [5, 5.41) is 24.2. The van der Waals surface area contributed by atoms with Gasteiger partial charge in [0.05, 0.1) is 0 Å². The van der Waals surface area contributed by atoms with E-state index in [-0.39, 0.29) is 28.5 Å². The van der Waals surface area contributed by atoms with Gasteiger partial charge in [-0.25, -0.2) is 14.3 Å². The summed E-state index contributed by atoms with van der Waals surface area (Å²) in [5.41, 5.74) is 3.37. The van der Waals surface area contributed by atoms with Crippen LogP contribution in [0.25, 0.3) is 0 Å². The van der Waals surface area contributed by atoms with Crippen molar-refractivity contribution in [3.05, 3.63) is 185 Å². The van der Waals surface area contributed by atoms with Crippen molar-refractivity contribution >= 4 is 58.9 Å². The van der Waals surface area contributed by atoms with E-state index in [1.807, 2.05) is 72.8 Å². The molecule has 0 spiro atoms. The van der Waals surface area contributed by atoms with Crippen molar-refractivity contribution < 1.29 is 33.8 Å². The number of rotatable bonds is 14. The van der Waals surface area contributed by atoms with Gasteiger partial charge in [-0.1, -0.05) is 157 Å². The largest absolute Gasteiger partial charge is 0.508 e. The molecule has 3 heterocycles. The van der Waals surface area contributed by atoms with Gasteiger partial charge in [0.2, 0.25) is 10.0 Å². The van der Waals surface area contributed by atoms with Crippen LogP contribution >= 0.6 is 35.1 Å².